The molecule has 2 aromatic rings. The minimum absolute atomic E-state index is 0.804. The van der Waals surface area contributed by atoms with Crippen LogP contribution in [0, 0.1) is 0 Å². The van der Waals surface area contributed by atoms with Gasteiger partial charge in [0.05, 0.1) is 6.54 Å². The zero-order valence-electron chi connectivity index (χ0n) is 9.85. The Morgan fingerprint density at radius 3 is 2.88 bits per heavy atom. The molecular weight excluding hydrogens is 200 g/mol. The SMILES string of the molecule is CCn1cccc1CNCc1nccn1C. The van der Waals surface area contributed by atoms with Crippen molar-refractivity contribution in [3.8, 4) is 0 Å². The van der Waals surface area contributed by atoms with Crippen LogP contribution < -0.4 is 5.32 Å². The second-order valence-corrected chi connectivity index (χ2v) is 3.84. The molecule has 0 radical (unpaired) electrons. The fourth-order valence-electron chi connectivity index (χ4n) is 1.79. The summed E-state index contributed by atoms with van der Waals surface area (Å²) in [4.78, 5) is 4.27. The van der Waals surface area contributed by atoms with E-state index in [1.807, 2.05) is 24.0 Å². The number of hydrogen-bond donors (Lipinski definition) is 1. The van der Waals surface area contributed by atoms with Gasteiger partial charge in [-0.2, -0.15) is 0 Å². The molecule has 2 aromatic heterocycles. The Kier molecular flexibility index (Phi) is 3.41. The number of nitrogens with zero attached hydrogens (tertiary/aromatic N) is 3. The summed E-state index contributed by atoms with van der Waals surface area (Å²) in [5.74, 6) is 1.06. The quantitative estimate of drug-likeness (QED) is 0.826. The van der Waals surface area contributed by atoms with Crippen LogP contribution >= 0.6 is 0 Å². The van der Waals surface area contributed by atoms with Crippen molar-refractivity contribution in [2.75, 3.05) is 0 Å². The Labute approximate surface area is 95.9 Å². The van der Waals surface area contributed by atoms with E-state index in [0.29, 0.717) is 0 Å². The number of hydrogen-bond acceptors (Lipinski definition) is 2. The molecule has 0 saturated heterocycles. The van der Waals surface area contributed by atoms with Crippen molar-refractivity contribution in [3.63, 3.8) is 0 Å². The fraction of sp³-hybridized carbons (Fsp3) is 0.417. The van der Waals surface area contributed by atoms with Gasteiger partial charge in [0, 0.05) is 44.4 Å². The maximum atomic E-state index is 4.27. The molecule has 0 aliphatic carbocycles. The van der Waals surface area contributed by atoms with E-state index in [9.17, 15) is 0 Å². The van der Waals surface area contributed by atoms with Gasteiger partial charge in [0.1, 0.15) is 5.82 Å². The zero-order valence-corrected chi connectivity index (χ0v) is 9.85. The van der Waals surface area contributed by atoms with Crippen LogP contribution in [0.3, 0.4) is 0 Å². The summed E-state index contributed by atoms with van der Waals surface area (Å²) in [5.41, 5.74) is 1.32. The van der Waals surface area contributed by atoms with Crippen LogP contribution in [0.5, 0.6) is 0 Å². The molecule has 0 amide bonds. The minimum atomic E-state index is 0.804. The van der Waals surface area contributed by atoms with Crippen molar-refractivity contribution >= 4 is 0 Å². The van der Waals surface area contributed by atoms with Gasteiger partial charge in [0.25, 0.3) is 0 Å². The van der Waals surface area contributed by atoms with E-state index in [4.69, 9.17) is 0 Å². The molecule has 4 heteroatoms. The smallest absolute Gasteiger partial charge is 0.122 e. The molecule has 0 spiro atoms. The molecular formula is C12H18N4. The molecule has 16 heavy (non-hydrogen) atoms. The van der Waals surface area contributed by atoms with Crippen LogP contribution in [0.15, 0.2) is 30.7 Å². The average molecular weight is 218 g/mol. The highest BCUT2D eigenvalue weighted by Crippen LogP contribution is 2.02. The Bertz CT molecular complexity index is 441. The van der Waals surface area contributed by atoms with Crippen LogP contribution in [-0.2, 0) is 26.7 Å². The molecule has 2 rings (SSSR count). The normalized spacial score (nSPS) is 10.9. The number of imidazole rings is 1. The van der Waals surface area contributed by atoms with Gasteiger partial charge in [-0.1, -0.05) is 0 Å². The van der Waals surface area contributed by atoms with Crippen LogP contribution in [-0.4, -0.2) is 14.1 Å². The summed E-state index contributed by atoms with van der Waals surface area (Å²) in [6.07, 6.45) is 5.90. The van der Waals surface area contributed by atoms with Crippen molar-refractivity contribution < 1.29 is 0 Å². The van der Waals surface area contributed by atoms with Crippen LogP contribution in [0.1, 0.15) is 18.4 Å². The summed E-state index contributed by atoms with van der Waals surface area (Å²) < 4.78 is 4.28. The zero-order chi connectivity index (χ0) is 11.4. The number of rotatable bonds is 5. The first-order valence-electron chi connectivity index (χ1n) is 5.62. The Morgan fingerprint density at radius 2 is 2.19 bits per heavy atom. The molecule has 2 heterocycles. The third kappa shape index (κ3) is 2.33. The molecule has 0 bridgehead atoms. The van der Waals surface area contributed by atoms with Crippen molar-refractivity contribution in [2.24, 2.45) is 7.05 Å². The predicted octanol–water partition coefficient (Wildman–Crippen LogP) is 1.53. The van der Waals surface area contributed by atoms with Gasteiger partial charge in [-0.25, -0.2) is 4.98 Å². The van der Waals surface area contributed by atoms with Crippen molar-refractivity contribution in [1.82, 2.24) is 19.4 Å². The number of nitrogens with one attached hydrogen (secondary N) is 1. The van der Waals surface area contributed by atoms with Gasteiger partial charge in [-0.05, 0) is 19.1 Å². The largest absolute Gasteiger partial charge is 0.351 e. The summed E-state index contributed by atoms with van der Waals surface area (Å²) in [5, 5.41) is 3.40. The molecule has 0 saturated carbocycles. The van der Waals surface area contributed by atoms with E-state index in [1.165, 1.54) is 5.69 Å². The topological polar surface area (TPSA) is 34.8 Å². The first-order valence-corrected chi connectivity index (χ1v) is 5.62. The monoisotopic (exact) mass is 218 g/mol. The first-order chi connectivity index (χ1) is 7.81. The van der Waals surface area contributed by atoms with Gasteiger partial charge >= 0.3 is 0 Å². The molecule has 86 valence electrons. The van der Waals surface area contributed by atoms with E-state index in [2.05, 4.69) is 40.1 Å². The summed E-state index contributed by atoms with van der Waals surface area (Å²) in [7, 11) is 2.01. The Balaban J connectivity index is 1.87. The van der Waals surface area contributed by atoms with E-state index < -0.39 is 0 Å². The molecule has 4 nitrogen and oxygen atoms in total. The van der Waals surface area contributed by atoms with E-state index in [-0.39, 0.29) is 0 Å². The van der Waals surface area contributed by atoms with Gasteiger partial charge in [-0.15, -0.1) is 0 Å². The third-order valence-corrected chi connectivity index (χ3v) is 2.77. The third-order valence-electron chi connectivity index (χ3n) is 2.77. The Morgan fingerprint density at radius 1 is 1.31 bits per heavy atom. The van der Waals surface area contributed by atoms with Gasteiger partial charge < -0.3 is 14.5 Å². The number of aryl methyl sites for hydroxylation is 2. The molecule has 0 aliphatic rings. The lowest BCUT2D eigenvalue weighted by Gasteiger charge is -2.08. The second kappa shape index (κ2) is 4.99. The lowest BCUT2D eigenvalue weighted by atomic mass is 10.4. The standard InChI is InChI=1S/C12H18N4/c1-3-16-7-4-5-11(16)9-13-10-12-14-6-8-15(12)2/h4-8,13H,3,9-10H2,1-2H3. The molecule has 0 aliphatic heterocycles. The molecule has 0 atom stereocenters. The minimum Gasteiger partial charge on any atom is -0.351 e. The maximum Gasteiger partial charge on any atom is 0.122 e. The predicted molar refractivity (Wildman–Crippen MR) is 63.9 cm³/mol. The average Bonchev–Trinajstić information content (AvgIpc) is 2.88. The van der Waals surface area contributed by atoms with E-state index in [1.54, 1.807) is 0 Å². The first kappa shape index (κ1) is 11.0. The van der Waals surface area contributed by atoms with Crippen molar-refractivity contribution in [2.45, 2.75) is 26.6 Å². The fourth-order valence-corrected chi connectivity index (χ4v) is 1.79. The molecule has 0 aromatic carbocycles. The summed E-state index contributed by atoms with van der Waals surface area (Å²) in [6, 6.07) is 4.23. The van der Waals surface area contributed by atoms with Crippen LogP contribution in [0.2, 0.25) is 0 Å². The van der Waals surface area contributed by atoms with Crippen molar-refractivity contribution in [3.05, 3.63) is 42.2 Å². The van der Waals surface area contributed by atoms with E-state index >= 15 is 0 Å². The molecule has 0 fully saturated rings. The van der Waals surface area contributed by atoms with Crippen LogP contribution in [0.4, 0.5) is 0 Å². The highest BCUT2D eigenvalue weighted by molar-refractivity contribution is 5.06. The Hall–Kier alpha value is -1.55. The lowest BCUT2D eigenvalue weighted by Crippen LogP contribution is -2.17. The number of aromatic nitrogens is 3. The lowest BCUT2D eigenvalue weighted by molar-refractivity contribution is 0.601. The van der Waals surface area contributed by atoms with Gasteiger partial charge in [0.15, 0.2) is 0 Å². The highest BCUT2D eigenvalue weighted by atomic mass is 15.1. The van der Waals surface area contributed by atoms with E-state index in [0.717, 1.165) is 25.5 Å². The van der Waals surface area contributed by atoms with Crippen molar-refractivity contribution in [1.29, 1.82) is 0 Å². The molecule has 1 N–H and O–H groups in total. The second-order valence-electron chi connectivity index (χ2n) is 3.84. The highest BCUT2D eigenvalue weighted by Gasteiger charge is 2.00. The summed E-state index contributed by atoms with van der Waals surface area (Å²) in [6.45, 7) is 4.86. The molecule has 0 unspecified atom stereocenters. The maximum absolute atomic E-state index is 4.27. The van der Waals surface area contributed by atoms with Gasteiger partial charge in [0.2, 0.25) is 0 Å². The van der Waals surface area contributed by atoms with Crippen LogP contribution in [0.25, 0.3) is 0 Å². The summed E-state index contributed by atoms with van der Waals surface area (Å²) >= 11 is 0. The van der Waals surface area contributed by atoms with Gasteiger partial charge in [-0.3, -0.25) is 0 Å².